The second-order valence-electron chi connectivity index (χ2n) is 1.38. The van der Waals surface area contributed by atoms with Gasteiger partial charge in [-0.15, -0.1) is 0 Å². The highest BCUT2D eigenvalue weighted by atomic mass is 32.2. The third kappa shape index (κ3) is 6.08. The fourth-order valence-electron chi connectivity index (χ4n) is 0.348. The molecule has 0 radical (unpaired) electrons. The van der Waals surface area contributed by atoms with Gasteiger partial charge in [0.1, 0.15) is 4.32 Å². The minimum atomic E-state index is 0.250. The number of aliphatic hydroxyl groups excluding tert-OH is 1. The van der Waals surface area contributed by atoms with Crippen LogP contribution >= 0.6 is 24.0 Å². The van der Waals surface area contributed by atoms with E-state index in [0.29, 0.717) is 0 Å². The van der Waals surface area contributed by atoms with E-state index < -0.39 is 0 Å². The molecule has 0 aromatic heterocycles. The van der Waals surface area contributed by atoms with Gasteiger partial charge in [0.25, 0.3) is 0 Å². The van der Waals surface area contributed by atoms with Crippen LogP contribution in [0.2, 0.25) is 0 Å². The van der Waals surface area contributed by atoms with Crippen LogP contribution in [0.3, 0.4) is 0 Å². The quantitative estimate of drug-likeness (QED) is 0.515. The first-order valence-corrected chi connectivity index (χ1v) is 4.22. The molecule has 1 saturated heterocycles. The van der Waals surface area contributed by atoms with Crippen LogP contribution in [0.25, 0.3) is 0 Å². The van der Waals surface area contributed by atoms with Crippen LogP contribution in [-0.4, -0.2) is 28.3 Å². The van der Waals surface area contributed by atoms with Gasteiger partial charge < -0.3 is 10.4 Å². The van der Waals surface area contributed by atoms with Crippen LogP contribution in [0, 0.1) is 0 Å². The highest BCUT2D eigenvalue weighted by Gasteiger charge is 2.01. The van der Waals surface area contributed by atoms with E-state index in [2.05, 4.69) is 5.32 Å². The first kappa shape index (κ1) is 9.20. The van der Waals surface area contributed by atoms with Crippen LogP contribution in [0.5, 0.6) is 0 Å². The number of aliphatic hydroxyl groups is 1. The summed E-state index contributed by atoms with van der Waals surface area (Å²) >= 11 is 6.49. The minimum absolute atomic E-state index is 0.250. The lowest BCUT2D eigenvalue weighted by atomic mass is 10.8. The monoisotopic (exact) mass is 165 g/mol. The molecule has 2 N–H and O–H groups in total. The van der Waals surface area contributed by atoms with E-state index in [-0.39, 0.29) is 6.61 Å². The van der Waals surface area contributed by atoms with E-state index in [1.807, 2.05) is 0 Å². The van der Waals surface area contributed by atoms with Crippen molar-refractivity contribution in [3.05, 3.63) is 0 Å². The molecule has 1 fully saturated rings. The highest BCUT2D eigenvalue weighted by Crippen LogP contribution is 2.05. The van der Waals surface area contributed by atoms with Crippen molar-refractivity contribution in [3.63, 3.8) is 0 Å². The Bertz CT molecular complexity index is 79.0. The van der Waals surface area contributed by atoms with Gasteiger partial charge in [0.15, 0.2) is 0 Å². The normalized spacial score (nSPS) is 16.0. The van der Waals surface area contributed by atoms with Gasteiger partial charge in [-0.05, 0) is 6.92 Å². The summed E-state index contributed by atoms with van der Waals surface area (Å²) in [7, 11) is 0. The van der Waals surface area contributed by atoms with Gasteiger partial charge in [0.2, 0.25) is 0 Å². The summed E-state index contributed by atoms with van der Waals surface area (Å²) in [5, 5.41) is 10.6. The molecule has 0 amide bonds. The van der Waals surface area contributed by atoms with E-state index >= 15 is 0 Å². The average Bonchev–Trinajstić information content (AvgIpc) is 2.20. The third-order valence-corrected chi connectivity index (χ3v) is 1.92. The summed E-state index contributed by atoms with van der Waals surface area (Å²) in [6, 6.07) is 0. The van der Waals surface area contributed by atoms with Gasteiger partial charge in [0.05, 0.1) is 0 Å². The maximum Gasteiger partial charge on any atom is 0.133 e. The smallest absolute Gasteiger partial charge is 0.133 e. The van der Waals surface area contributed by atoms with Crippen LogP contribution in [-0.2, 0) is 0 Å². The van der Waals surface area contributed by atoms with E-state index in [4.69, 9.17) is 17.3 Å². The molecule has 0 unspecified atom stereocenters. The van der Waals surface area contributed by atoms with Gasteiger partial charge in [-0.25, -0.2) is 0 Å². The third-order valence-electron chi connectivity index (χ3n) is 0.605. The van der Waals surface area contributed by atoms with Crippen molar-refractivity contribution >= 4 is 28.3 Å². The lowest BCUT2D eigenvalue weighted by Crippen LogP contribution is -2.09. The van der Waals surface area contributed by atoms with Crippen molar-refractivity contribution in [1.29, 1.82) is 0 Å². The van der Waals surface area contributed by atoms with Gasteiger partial charge >= 0.3 is 0 Å². The molecule has 4 heteroatoms. The maximum absolute atomic E-state index is 7.57. The summed E-state index contributed by atoms with van der Waals surface area (Å²) in [6.45, 7) is 2.99. The van der Waals surface area contributed by atoms with E-state index in [9.17, 15) is 0 Å². The van der Waals surface area contributed by atoms with E-state index in [0.717, 1.165) is 16.6 Å². The molecule has 9 heavy (non-hydrogen) atoms. The Morgan fingerprint density at radius 3 is 2.56 bits per heavy atom. The van der Waals surface area contributed by atoms with Crippen LogP contribution in [0.4, 0.5) is 0 Å². The fraction of sp³-hybridized carbons (Fsp3) is 0.800. The van der Waals surface area contributed by atoms with Crippen LogP contribution < -0.4 is 5.32 Å². The van der Waals surface area contributed by atoms with Gasteiger partial charge in [-0.2, -0.15) is 0 Å². The predicted octanol–water partition coefficient (Wildman–Crippen LogP) is 0.606. The molecule has 0 aromatic carbocycles. The van der Waals surface area contributed by atoms with Crippen molar-refractivity contribution in [2.24, 2.45) is 0 Å². The zero-order valence-electron chi connectivity index (χ0n) is 5.39. The van der Waals surface area contributed by atoms with Crippen LogP contribution in [0.15, 0.2) is 0 Å². The van der Waals surface area contributed by atoms with Gasteiger partial charge in [-0.1, -0.05) is 24.0 Å². The summed E-state index contributed by atoms with van der Waals surface area (Å²) in [5.74, 6) is 1.15. The summed E-state index contributed by atoms with van der Waals surface area (Å²) in [6.07, 6.45) is 0. The number of rotatable bonds is 0. The molecular formula is C5H11NOS2. The molecule has 0 bridgehead atoms. The first-order valence-electron chi connectivity index (χ1n) is 2.82. The number of thioether (sulfide) groups is 1. The SMILES string of the molecule is CCO.S=C1NCCS1. The maximum atomic E-state index is 7.57. The molecule has 0 saturated carbocycles. The second kappa shape index (κ2) is 6.32. The minimum Gasteiger partial charge on any atom is -0.397 e. The molecule has 54 valence electrons. The van der Waals surface area contributed by atoms with Crippen LogP contribution in [0.1, 0.15) is 6.92 Å². The van der Waals surface area contributed by atoms with E-state index in [1.54, 1.807) is 18.7 Å². The summed E-state index contributed by atoms with van der Waals surface area (Å²) in [4.78, 5) is 0. The fourth-order valence-corrected chi connectivity index (χ4v) is 1.29. The van der Waals surface area contributed by atoms with Crippen molar-refractivity contribution in [3.8, 4) is 0 Å². The Kier molecular flexibility index (Phi) is 6.46. The molecule has 2 nitrogen and oxygen atoms in total. The highest BCUT2D eigenvalue weighted by molar-refractivity contribution is 8.23. The molecule has 0 spiro atoms. The number of hydrogen-bond acceptors (Lipinski definition) is 3. The Morgan fingerprint density at radius 2 is 2.44 bits per heavy atom. The largest absolute Gasteiger partial charge is 0.397 e. The number of hydrogen-bond donors (Lipinski definition) is 2. The second-order valence-corrected chi connectivity index (χ2v) is 3.15. The summed E-state index contributed by atoms with van der Waals surface area (Å²) < 4.78 is 0.954. The predicted molar refractivity (Wildman–Crippen MR) is 45.8 cm³/mol. The number of nitrogens with one attached hydrogen (secondary N) is 1. The molecule has 1 aliphatic heterocycles. The van der Waals surface area contributed by atoms with Crippen molar-refractivity contribution in [1.82, 2.24) is 5.32 Å². The van der Waals surface area contributed by atoms with Crippen molar-refractivity contribution in [2.45, 2.75) is 6.92 Å². The Labute approximate surface area is 65.0 Å². The topological polar surface area (TPSA) is 32.3 Å². The molecule has 1 aliphatic rings. The lowest BCUT2D eigenvalue weighted by Gasteiger charge is -1.82. The zero-order chi connectivity index (χ0) is 7.11. The molecular weight excluding hydrogens is 154 g/mol. The van der Waals surface area contributed by atoms with Crippen molar-refractivity contribution in [2.75, 3.05) is 18.9 Å². The number of thiocarbonyl (C=S) groups is 1. The molecule has 0 aromatic rings. The zero-order valence-corrected chi connectivity index (χ0v) is 7.02. The molecule has 1 rings (SSSR count). The Hall–Kier alpha value is 0.200. The standard InChI is InChI=1S/C3H5NS2.C2H6O/c5-3-4-1-2-6-3;1-2-3/h1-2H2,(H,4,5);3H,2H2,1H3. The molecule has 0 aliphatic carbocycles. The summed E-state index contributed by atoms with van der Waals surface area (Å²) in [5.41, 5.74) is 0. The first-order chi connectivity index (χ1) is 4.31. The van der Waals surface area contributed by atoms with E-state index in [1.165, 1.54) is 0 Å². The Morgan fingerprint density at radius 1 is 1.89 bits per heavy atom. The van der Waals surface area contributed by atoms with Gasteiger partial charge in [0, 0.05) is 18.9 Å². The van der Waals surface area contributed by atoms with Gasteiger partial charge in [-0.3, -0.25) is 0 Å². The average molecular weight is 165 g/mol. The molecule has 1 heterocycles. The Balaban J connectivity index is 0.000000187. The molecule has 0 atom stereocenters. The lowest BCUT2D eigenvalue weighted by molar-refractivity contribution is 0.318. The van der Waals surface area contributed by atoms with Crippen molar-refractivity contribution < 1.29 is 5.11 Å².